The minimum Gasteiger partial charge on any atom is -0.443 e. The SMILES string of the molecule is CC(C)(C)OC(=O)N1C(=O)[C@H](OC(=O)OCc2ccccc2)C[C@H]1CO[Si](C)(C)C(C)(C)C. The first kappa shape index (κ1) is 26.9. The Bertz CT molecular complexity index is 843. The summed E-state index contributed by atoms with van der Waals surface area (Å²) in [6, 6.07) is 8.54. The van der Waals surface area contributed by atoms with Crippen LogP contribution >= 0.6 is 0 Å². The number of hydrogen-bond donors (Lipinski definition) is 0. The van der Waals surface area contributed by atoms with Crippen LogP contribution in [0.5, 0.6) is 0 Å². The number of ether oxygens (including phenoxy) is 3. The summed E-state index contributed by atoms with van der Waals surface area (Å²) in [7, 11) is -2.13. The number of imide groups is 1. The molecule has 2 amide bonds. The van der Waals surface area contributed by atoms with Gasteiger partial charge in [-0.2, -0.15) is 0 Å². The number of amides is 2. The Morgan fingerprint density at radius 1 is 1.06 bits per heavy atom. The molecule has 1 heterocycles. The fraction of sp³-hybridized carbons (Fsp3) is 0.625. The summed E-state index contributed by atoms with van der Waals surface area (Å²) in [6.07, 6.45) is -2.77. The number of likely N-dealkylation sites (tertiary alicyclic amines) is 1. The molecule has 0 spiro atoms. The molecule has 1 aliphatic heterocycles. The van der Waals surface area contributed by atoms with Gasteiger partial charge in [0.05, 0.1) is 12.6 Å². The van der Waals surface area contributed by atoms with Crippen molar-refractivity contribution in [2.75, 3.05) is 6.61 Å². The quantitative estimate of drug-likeness (QED) is 0.406. The Balaban J connectivity index is 2.10. The minimum atomic E-state index is -2.13. The number of carbonyl (C=O) groups is 3. The van der Waals surface area contributed by atoms with Crippen molar-refractivity contribution >= 4 is 26.5 Å². The Hall–Kier alpha value is -2.39. The molecule has 8 nitrogen and oxygen atoms in total. The molecule has 2 rings (SSSR count). The summed E-state index contributed by atoms with van der Waals surface area (Å²) in [4.78, 5) is 39.1. The molecule has 0 unspecified atom stereocenters. The van der Waals surface area contributed by atoms with Gasteiger partial charge >= 0.3 is 12.2 Å². The third-order valence-electron chi connectivity index (χ3n) is 5.84. The van der Waals surface area contributed by atoms with Crippen LogP contribution in [-0.4, -0.2) is 55.7 Å². The minimum absolute atomic E-state index is 0.0221. The van der Waals surface area contributed by atoms with Crippen molar-refractivity contribution in [3.63, 3.8) is 0 Å². The molecule has 1 aromatic rings. The molecule has 184 valence electrons. The van der Waals surface area contributed by atoms with E-state index in [4.69, 9.17) is 18.6 Å². The molecule has 1 aromatic carbocycles. The van der Waals surface area contributed by atoms with Crippen molar-refractivity contribution in [1.82, 2.24) is 4.90 Å². The van der Waals surface area contributed by atoms with Gasteiger partial charge in [-0.3, -0.25) is 4.79 Å². The fourth-order valence-corrected chi connectivity index (χ4v) is 4.01. The maximum Gasteiger partial charge on any atom is 0.509 e. The first-order chi connectivity index (χ1) is 15.1. The lowest BCUT2D eigenvalue weighted by Crippen LogP contribution is -2.48. The van der Waals surface area contributed by atoms with Crippen molar-refractivity contribution in [3.05, 3.63) is 35.9 Å². The second-order valence-electron chi connectivity index (χ2n) is 10.8. The van der Waals surface area contributed by atoms with E-state index in [1.165, 1.54) is 0 Å². The highest BCUT2D eigenvalue weighted by Gasteiger charge is 2.48. The van der Waals surface area contributed by atoms with Crippen LogP contribution in [0, 0.1) is 0 Å². The fourth-order valence-electron chi connectivity index (χ4n) is 2.97. The Labute approximate surface area is 197 Å². The van der Waals surface area contributed by atoms with Crippen LogP contribution in [0.3, 0.4) is 0 Å². The van der Waals surface area contributed by atoms with Crippen LogP contribution in [-0.2, 0) is 30.0 Å². The van der Waals surface area contributed by atoms with E-state index in [0.29, 0.717) is 0 Å². The van der Waals surface area contributed by atoms with E-state index in [0.717, 1.165) is 10.5 Å². The Morgan fingerprint density at radius 2 is 1.67 bits per heavy atom. The maximum atomic E-state index is 13.0. The topological polar surface area (TPSA) is 91.4 Å². The highest BCUT2D eigenvalue weighted by atomic mass is 28.4. The zero-order valence-electron chi connectivity index (χ0n) is 21.0. The summed E-state index contributed by atoms with van der Waals surface area (Å²) in [5.74, 6) is -0.634. The van der Waals surface area contributed by atoms with Crippen LogP contribution in [0.4, 0.5) is 9.59 Å². The predicted molar refractivity (Wildman–Crippen MR) is 126 cm³/mol. The van der Waals surface area contributed by atoms with Crippen molar-refractivity contribution in [2.45, 2.75) is 90.4 Å². The Morgan fingerprint density at radius 3 is 2.21 bits per heavy atom. The highest BCUT2D eigenvalue weighted by molar-refractivity contribution is 6.74. The van der Waals surface area contributed by atoms with Crippen LogP contribution in [0.15, 0.2) is 30.3 Å². The first-order valence-electron chi connectivity index (χ1n) is 11.2. The van der Waals surface area contributed by atoms with E-state index in [1.807, 2.05) is 30.3 Å². The van der Waals surface area contributed by atoms with Gasteiger partial charge in [-0.05, 0) is 44.5 Å². The van der Waals surface area contributed by atoms with E-state index in [-0.39, 0.29) is 24.7 Å². The summed E-state index contributed by atoms with van der Waals surface area (Å²) >= 11 is 0. The molecule has 33 heavy (non-hydrogen) atoms. The van der Waals surface area contributed by atoms with E-state index in [1.54, 1.807) is 20.8 Å². The van der Waals surface area contributed by atoms with Crippen LogP contribution in [0.2, 0.25) is 18.1 Å². The van der Waals surface area contributed by atoms with Gasteiger partial charge in [0, 0.05) is 6.42 Å². The largest absolute Gasteiger partial charge is 0.509 e. The lowest BCUT2D eigenvalue weighted by atomic mass is 10.2. The zero-order chi connectivity index (χ0) is 25.0. The van der Waals surface area contributed by atoms with E-state index in [9.17, 15) is 14.4 Å². The van der Waals surface area contributed by atoms with Crippen LogP contribution < -0.4 is 0 Å². The average Bonchev–Trinajstić information content (AvgIpc) is 2.99. The van der Waals surface area contributed by atoms with Crippen LogP contribution in [0.1, 0.15) is 53.5 Å². The summed E-state index contributed by atoms with van der Waals surface area (Å²) < 4.78 is 22.1. The number of benzene rings is 1. The van der Waals surface area contributed by atoms with Gasteiger partial charge < -0.3 is 18.6 Å². The van der Waals surface area contributed by atoms with Gasteiger partial charge in [0.15, 0.2) is 14.4 Å². The van der Waals surface area contributed by atoms with Gasteiger partial charge in [0.25, 0.3) is 5.91 Å². The lowest BCUT2D eigenvalue weighted by Gasteiger charge is -2.37. The van der Waals surface area contributed by atoms with Gasteiger partial charge in [0.1, 0.15) is 12.2 Å². The number of hydrogen-bond acceptors (Lipinski definition) is 7. The van der Waals surface area contributed by atoms with Crippen molar-refractivity contribution in [3.8, 4) is 0 Å². The third-order valence-corrected chi connectivity index (χ3v) is 10.3. The predicted octanol–water partition coefficient (Wildman–Crippen LogP) is 5.27. The second kappa shape index (κ2) is 10.3. The molecule has 9 heteroatoms. The van der Waals surface area contributed by atoms with E-state index >= 15 is 0 Å². The molecule has 0 aromatic heterocycles. The molecular formula is C24H37NO7Si. The molecule has 0 saturated carbocycles. The van der Waals surface area contributed by atoms with Crippen LogP contribution in [0.25, 0.3) is 0 Å². The molecule has 0 aliphatic carbocycles. The van der Waals surface area contributed by atoms with Gasteiger partial charge in [-0.15, -0.1) is 0 Å². The summed E-state index contributed by atoms with van der Waals surface area (Å²) in [5, 5.41) is -0.0382. The van der Waals surface area contributed by atoms with Gasteiger partial charge in [-0.1, -0.05) is 51.1 Å². The third kappa shape index (κ3) is 7.57. The number of carbonyl (C=O) groups excluding carboxylic acids is 3. The molecule has 1 saturated heterocycles. The average molecular weight is 480 g/mol. The summed E-state index contributed by atoms with van der Waals surface area (Å²) in [6.45, 7) is 15.9. The van der Waals surface area contributed by atoms with Crippen molar-refractivity contribution in [1.29, 1.82) is 0 Å². The number of nitrogens with zero attached hydrogens (tertiary/aromatic N) is 1. The smallest absolute Gasteiger partial charge is 0.443 e. The molecule has 2 atom stereocenters. The molecule has 0 radical (unpaired) electrons. The lowest BCUT2D eigenvalue weighted by molar-refractivity contribution is -0.136. The second-order valence-corrected chi connectivity index (χ2v) is 15.6. The van der Waals surface area contributed by atoms with Crippen molar-refractivity contribution < 1.29 is 33.0 Å². The van der Waals surface area contributed by atoms with E-state index in [2.05, 4.69) is 33.9 Å². The van der Waals surface area contributed by atoms with E-state index < -0.39 is 44.2 Å². The van der Waals surface area contributed by atoms with Gasteiger partial charge in [0.2, 0.25) is 0 Å². The normalized spacial score (nSPS) is 19.4. The zero-order valence-corrected chi connectivity index (χ0v) is 22.0. The molecule has 1 fully saturated rings. The Kier molecular flexibility index (Phi) is 8.35. The highest BCUT2D eigenvalue weighted by Crippen LogP contribution is 2.37. The first-order valence-corrected chi connectivity index (χ1v) is 14.1. The number of rotatable bonds is 6. The summed E-state index contributed by atoms with van der Waals surface area (Å²) in [5.41, 5.74) is 0.0127. The molecule has 1 aliphatic rings. The molecular weight excluding hydrogens is 442 g/mol. The van der Waals surface area contributed by atoms with Gasteiger partial charge in [-0.25, -0.2) is 14.5 Å². The molecule has 0 N–H and O–H groups in total. The maximum absolute atomic E-state index is 13.0. The standard InChI is InChI=1S/C24H37NO7Si/c1-23(2,3)32-21(27)25-18(16-30-33(7,8)24(4,5)6)14-19(20(25)26)31-22(28)29-15-17-12-10-9-11-13-17/h9-13,18-19H,14-16H2,1-8H3/t18-,19+/m0/s1. The van der Waals surface area contributed by atoms with Crippen molar-refractivity contribution in [2.24, 2.45) is 0 Å². The molecule has 0 bridgehead atoms. The monoisotopic (exact) mass is 479 g/mol.